The van der Waals surface area contributed by atoms with Crippen molar-refractivity contribution in [2.75, 3.05) is 6.61 Å². The van der Waals surface area contributed by atoms with Gasteiger partial charge in [-0.05, 0) is 13.8 Å². The first-order valence-electron chi connectivity index (χ1n) is 6.10. The van der Waals surface area contributed by atoms with Crippen LogP contribution >= 0.6 is 0 Å². The highest BCUT2D eigenvalue weighted by Crippen LogP contribution is 2.39. The Labute approximate surface area is 111 Å². The van der Waals surface area contributed by atoms with Crippen molar-refractivity contribution in [3.05, 3.63) is 0 Å². The maximum absolute atomic E-state index is 11.0. The van der Waals surface area contributed by atoms with Crippen LogP contribution in [0.3, 0.4) is 0 Å². The standard InChI is InChI=1S/C12H18O7/c1-6(13)15-5-8-9-10(19-12(3,4)18-9)11(17-8)16-7(2)14/h8-11H,5H2,1-4H3/t8-,9-,10+,11-/m1/s1. The fourth-order valence-corrected chi connectivity index (χ4v) is 2.23. The average Bonchev–Trinajstić information content (AvgIpc) is 2.70. The van der Waals surface area contributed by atoms with Gasteiger partial charge >= 0.3 is 11.9 Å². The Kier molecular flexibility index (Phi) is 3.80. The van der Waals surface area contributed by atoms with Crippen LogP contribution in [0, 0.1) is 0 Å². The van der Waals surface area contributed by atoms with Crippen molar-refractivity contribution in [3.8, 4) is 0 Å². The number of carbonyl (C=O) groups excluding carboxylic acids is 2. The Balaban J connectivity index is 2.05. The Morgan fingerprint density at radius 2 is 1.74 bits per heavy atom. The van der Waals surface area contributed by atoms with Crippen molar-refractivity contribution in [3.63, 3.8) is 0 Å². The van der Waals surface area contributed by atoms with E-state index in [0.717, 1.165) is 0 Å². The summed E-state index contributed by atoms with van der Waals surface area (Å²) in [5, 5.41) is 0. The average molecular weight is 274 g/mol. The third kappa shape index (κ3) is 3.23. The van der Waals surface area contributed by atoms with Gasteiger partial charge in [-0.2, -0.15) is 0 Å². The number of rotatable bonds is 3. The molecule has 0 bridgehead atoms. The molecule has 2 aliphatic rings. The van der Waals surface area contributed by atoms with Crippen LogP contribution in [0.15, 0.2) is 0 Å². The van der Waals surface area contributed by atoms with Gasteiger partial charge < -0.3 is 23.7 Å². The summed E-state index contributed by atoms with van der Waals surface area (Å²) in [5.74, 6) is -1.66. The van der Waals surface area contributed by atoms with Crippen molar-refractivity contribution < 1.29 is 33.3 Å². The number of esters is 2. The number of hydrogen-bond donors (Lipinski definition) is 0. The minimum absolute atomic E-state index is 0.0354. The molecule has 7 nitrogen and oxygen atoms in total. The van der Waals surface area contributed by atoms with E-state index in [1.54, 1.807) is 13.8 Å². The molecule has 2 heterocycles. The molecule has 0 radical (unpaired) electrons. The van der Waals surface area contributed by atoms with E-state index >= 15 is 0 Å². The second kappa shape index (κ2) is 5.07. The Hall–Kier alpha value is -1.18. The summed E-state index contributed by atoms with van der Waals surface area (Å²) < 4.78 is 26.8. The van der Waals surface area contributed by atoms with Gasteiger partial charge in [0.25, 0.3) is 0 Å². The minimum Gasteiger partial charge on any atom is -0.463 e. The van der Waals surface area contributed by atoms with Crippen LogP contribution in [0.4, 0.5) is 0 Å². The van der Waals surface area contributed by atoms with Crippen molar-refractivity contribution in [2.45, 2.75) is 58.1 Å². The molecule has 0 aromatic carbocycles. The van der Waals surface area contributed by atoms with Gasteiger partial charge in [0.2, 0.25) is 6.29 Å². The quantitative estimate of drug-likeness (QED) is 0.687. The molecule has 0 aliphatic carbocycles. The highest BCUT2D eigenvalue weighted by atomic mass is 16.8. The van der Waals surface area contributed by atoms with Crippen LogP contribution in [0.5, 0.6) is 0 Å². The summed E-state index contributed by atoms with van der Waals surface area (Å²) in [6, 6.07) is 0. The molecule has 0 aromatic rings. The van der Waals surface area contributed by atoms with E-state index in [1.165, 1.54) is 13.8 Å². The van der Waals surface area contributed by atoms with E-state index in [2.05, 4.69) is 0 Å². The molecular formula is C12H18O7. The first-order chi connectivity index (χ1) is 8.78. The van der Waals surface area contributed by atoms with E-state index in [9.17, 15) is 9.59 Å². The molecule has 2 saturated heterocycles. The van der Waals surface area contributed by atoms with Crippen LogP contribution < -0.4 is 0 Å². The maximum atomic E-state index is 11.0. The van der Waals surface area contributed by atoms with Gasteiger partial charge in [-0.3, -0.25) is 9.59 Å². The summed E-state index contributed by atoms with van der Waals surface area (Å²) >= 11 is 0. The second-order valence-corrected chi connectivity index (χ2v) is 5.02. The van der Waals surface area contributed by atoms with Gasteiger partial charge in [0.05, 0.1) is 0 Å². The third-order valence-electron chi connectivity index (χ3n) is 2.84. The van der Waals surface area contributed by atoms with Gasteiger partial charge in [0.1, 0.15) is 18.8 Å². The third-order valence-corrected chi connectivity index (χ3v) is 2.84. The predicted octanol–water partition coefficient (Wildman–Crippen LogP) is 0.358. The molecule has 0 N–H and O–H groups in total. The molecule has 0 unspecified atom stereocenters. The van der Waals surface area contributed by atoms with Crippen LogP contribution in [0.25, 0.3) is 0 Å². The number of hydrogen-bond acceptors (Lipinski definition) is 7. The largest absolute Gasteiger partial charge is 0.463 e. The zero-order valence-corrected chi connectivity index (χ0v) is 11.4. The summed E-state index contributed by atoms with van der Waals surface area (Å²) in [6.07, 6.45) is -2.30. The summed E-state index contributed by atoms with van der Waals surface area (Å²) in [7, 11) is 0. The molecule has 0 saturated carbocycles. The van der Waals surface area contributed by atoms with E-state index in [0.29, 0.717) is 0 Å². The summed E-state index contributed by atoms with van der Waals surface area (Å²) in [6.45, 7) is 6.16. The zero-order valence-electron chi connectivity index (χ0n) is 11.4. The van der Waals surface area contributed by atoms with Gasteiger partial charge in [-0.15, -0.1) is 0 Å². The summed E-state index contributed by atoms with van der Waals surface area (Å²) in [4.78, 5) is 21.9. The van der Waals surface area contributed by atoms with Crippen molar-refractivity contribution >= 4 is 11.9 Å². The Bertz CT molecular complexity index is 378. The lowest BCUT2D eigenvalue weighted by molar-refractivity contribution is -0.234. The lowest BCUT2D eigenvalue weighted by Crippen LogP contribution is -2.33. The van der Waals surface area contributed by atoms with E-state index in [1.807, 2.05) is 0 Å². The summed E-state index contributed by atoms with van der Waals surface area (Å²) in [5.41, 5.74) is 0. The van der Waals surface area contributed by atoms with Crippen molar-refractivity contribution in [1.82, 2.24) is 0 Å². The predicted molar refractivity (Wildman–Crippen MR) is 60.9 cm³/mol. The topological polar surface area (TPSA) is 80.3 Å². The molecule has 2 fully saturated rings. The molecule has 108 valence electrons. The molecule has 2 rings (SSSR count). The zero-order chi connectivity index (χ0) is 14.2. The highest BCUT2D eigenvalue weighted by Gasteiger charge is 2.56. The lowest BCUT2D eigenvalue weighted by atomic mass is 10.1. The molecular weight excluding hydrogens is 256 g/mol. The molecule has 0 amide bonds. The monoisotopic (exact) mass is 274 g/mol. The number of ether oxygens (including phenoxy) is 5. The Morgan fingerprint density at radius 3 is 2.32 bits per heavy atom. The van der Waals surface area contributed by atoms with Gasteiger partial charge in [-0.25, -0.2) is 0 Å². The molecule has 0 spiro atoms. The minimum atomic E-state index is -0.843. The van der Waals surface area contributed by atoms with E-state index < -0.39 is 42.3 Å². The van der Waals surface area contributed by atoms with Crippen molar-refractivity contribution in [1.29, 1.82) is 0 Å². The van der Waals surface area contributed by atoms with Crippen molar-refractivity contribution in [2.24, 2.45) is 0 Å². The lowest BCUT2D eigenvalue weighted by Gasteiger charge is -2.23. The van der Waals surface area contributed by atoms with Gasteiger partial charge in [0.15, 0.2) is 11.9 Å². The fraction of sp³-hybridized carbons (Fsp3) is 0.833. The smallest absolute Gasteiger partial charge is 0.305 e. The first-order valence-corrected chi connectivity index (χ1v) is 6.10. The number of carbonyl (C=O) groups is 2. The Morgan fingerprint density at radius 1 is 1.11 bits per heavy atom. The number of fused-ring (bicyclic) bond motifs is 1. The van der Waals surface area contributed by atoms with Gasteiger partial charge in [0, 0.05) is 13.8 Å². The fourth-order valence-electron chi connectivity index (χ4n) is 2.23. The molecule has 7 heteroatoms. The first kappa shape index (κ1) is 14.2. The van der Waals surface area contributed by atoms with E-state index in [4.69, 9.17) is 23.7 Å². The van der Waals surface area contributed by atoms with Gasteiger partial charge in [-0.1, -0.05) is 0 Å². The van der Waals surface area contributed by atoms with Crippen LogP contribution in [0.2, 0.25) is 0 Å². The SMILES string of the molecule is CC(=O)OC[C@H]1O[C@@H](OC(C)=O)[C@H]2OC(C)(C)O[C@@H]21. The molecule has 4 atom stereocenters. The van der Waals surface area contributed by atoms with E-state index in [-0.39, 0.29) is 6.61 Å². The van der Waals surface area contributed by atoms with Crippen LogP contribution in [-0.2, 0) is 33.3 Å². The molecule has 0 aromatic heterocycles. The van der Waals surface area contributed by atoms with Crippen LogP contribution in [0.1, 0.15) is 27.7 Å². The second-order valence-electron chi connectivity index (χ2n) is 5.02. The highest BCUT2D eigenvalue weighted by molar-refractivity contribution is 5.66. The molecule has 19 heavy (non-hydrogen) atoms. The van der Waals surface area contributed by atoms with Crippen LogP contribution in [-0.4, -0.2) is 48.9 Å². The normalized spacial score (nSPS) is 35.8. The molecule has 2 aliphatic heterocycles. The maximum Gasteiger partial charge on any atom is 0.305 e.